The van der Waals surface area contributed by atoms with Crippen LogP contribution in [-0.4, -0.2) is 11.9 Å². The van der Waals surface area contributed by atoms with E-state index in [4.69, 9.17) is 21.1 Å². The highest BCUT2D eigenvalue weighted by atomic mass is 35.5. The van der Waals surface area contributed by atoms with Gasteiger partial charge < -0.3 is 9.47 Å². The average molecular weight is 333 g/mol. The summed E-state index contributed by atoms with van der Waals surface area (Å²) in [6.07, 6.45) is 2.07. The maximum absolute atomic E-state index is 12.0. The van der Waals surface area contributed by atoms with Gasteiger partial charge in [0.15, 0.2) is 0 Å². The summed E-state index contributed by atoms with van der Waals surface area (Å²) in [6.45, 7) is 2.00. The number of hydrogen-bond donors (Lipinski definition) is 0. The van der Waals surface area contributed by atoms with Crippen LogP contribution in [0.5, 0.6) is 11.5 Å². The smallest absolute Gasteiger partial charge is 0.343 e. The van der Waals surface area contributed by atoms with Gasteiger partial charge in [-0.2, -0.15) is 0 Å². The Balaban J connectivity index is 2.00. The number of carbonyl (C=O) groups is 2. The van der Waals surface area contributed by atoms with Crippen molar-refractivity contribution < 1.29 is 19.1 Å². The number of carbonyl (C=O) groups excluding carboxylic acids is 2. The Morgan fingerprint density at radius 2 is 1.65 bits per heavy atom. The fraction of sp³-hybridized carbons (Fsp3) is 0.222. The molecule has 0 aliphatic carbocycles. The van der Waals surface area contributed by atoms with E-state index in [0.717, 1.165) is 12.8 Å². The fourth-order valence-electron chi connectivity index (χ4n) is 1.86. The molecule has 2 rings (SSSR count). The summed E-state index contributed by atoms with van der Waals surface area (Å²) < 4.78 is 10.5. The third-order valence-electron chi connectivity index (χ3n) is 3.06. The molecule has 0 saturated carbocycles. The lowest BCUT2D eigenvalue weighted by Gasteiger charge is -2.07. The van der Waals surface area contributed by atoms with Crippen LogP contribution >= 0.6 is 11.6 Å². The molecule has 0 unspecified atom stereocenters. The monoisotopic (exact) mass is 332 g/mol. The van der Waals surface area contributed by atoms with Crippen LogP contribution < -0.4 is 9.47 Å². The maximum atomic E-state index is 12.0. The molecule has 2 aromatic rings. The molecule has 0 bridgehead atoms. The van der Waals surface area contributed by atoms with Crippen molar-refractivity contribution in [3.8, 4) is 11.5 Å². The molecule has 120 valence electrons. The molecule has 0 heterocycles. The molecule has 0 aromatic heterocycles. The highest BCUT2D eigenvalue weighted by Crippen LogP contribution is 2.21. The Labute approximate surface area is 140 Å². The van der Waals surface area contributed by atoms with Crippen LogP contribution in [0.15, 0.2) is 48.5 Å². The first-order valence-corrected chi connectivity index (χ1v) is 7.75. The average Bonchev–Trinajstić information content (AvgIpc) is 2.54. The van der Waals surface area contributed by atoms with Crippen LogP contribution in [0, 0.1) is 0 Å². The predicted octanol–water partition coefficient (Wildman–Crippen LogP) is 4.65. The summed E-state index contributed by atoms with van der Waals surface area (Å²) in [7, 11) is 0. The lowest BCUT2D eigenvalue weighted by molar-refractivity contribution is -0.134. The molecule has 0 amide bonds. The molecule has 23 heavy (non-hydrogen) atoms. The van der Waals surface area contributed by atoms with Gasteiger partial charge >= 0.3 is 11.9 Å². The first-order chi connectivity index (χ1) is 11.1. The SMILES string of the molecule is CCCCC(=O)Oc1cccc(OC(=O)c2ccc(Cl)cc2)c1. The number of halogens is 1. The molecule has 5 heteroatoms. The normalized spacial score (nSPS) is 10.2. The van der Waals surface area contributed by atoms with E-state index in [1.54, 1.807) is 42.5 Å². The lowest BCUT2D eigenvalue weighted by Crippen LogP contribution is -2.09. The van der Waals surface area contributed by atoms with Crippen LogP contribution in [-0.2, 0) is 4.79 Å². The molecule has 0 saturated heterocycles. The predicted molar refractivity (Wildman–Crippen MR) is 88.0 cm³/mol. The van der Waals surface area contributed by atoms with Crippen molar-refractivity contribution in [2.24, 2.45) is 0 Å². The van der Waals surface area contributed by atoms with E-state index < -0.39 is 5.97 Å². The molecule has 0 fully saturated rings. The van der Waals surface area contributed by atoms with E-state index in [-0.39, 0.29) is 5.97 Å². The van der Waals surface area contributed by atoms with Gasteiger partial charge in [-0.1, -0.05) is 31.0 Å². The molecule has 2 aromatic carbocycles. The van der Waals surface area contributed by atoms with E-state index in [1.807, 2.05) is 6.92 Å². The van der Waals surface area contributed by atoms with E-state index in [0.29, 0.717) is 28.5 Å². The van der Waals surface area contributed by atoms with Crippen LogP contribution in [0.3, 0.4) is 0 Å². The van der Waals surface area contributed by atoms with Gasteiger partial charge in [0, 0.05) is 17.5 Å². The molecule has 0 aliphatic heterocycles. The topological polar surface area (TPSA) is 52.6 Å². The lowest BCUT2D eigenvalue weighted by atomic mass is 10.2. The number of hydrogen-bond acceptors (Lipinski definition) is 4. The molecule has 0 atom stereocenters. The summed E-state index contributed by atoms with van der Waals surface area (Å²) in [5.74, 6) is -0.137. The van der Waals surface area contributed by atoms with Crippen LogP contribution in [0.1, 0.15) is 36.5 Å². The van der Waals surface area contributed by atoms with Crippen LogP contribution in [0.4, 0.5) is 0 Å². The Morgan fingerprint density at radius 1 is 1.00 bits per heavy atom. The standard InChI is InChI=1S/C18H17ClO4/c1-2-3-7-17(20)22-15-5-4-6-16(12-15)23-18(21)13-8-10-14(19)11-9-13/h4-6,8-12H,2-3,7H2,1H3. The van der Waals surface area contributed by atoms with Crippen molar-refractivity contribution in [2.75, 3.05) is 0 Å². The van der Waals surface area contributed by atoms with Crippen molar-refractivity contribution in [3.63, 3.8) is 0 Å². The van der Waals surface area contributed by atoms with Gasteiger partial charge in [0.05, 0.1) is 5.56 Å². The van der Waals surface area contributed by atoms with Gasteiger partial charge in [0.25, 0.3) is 0 Å². The van der Waals surface area contributed by atoms with Crippen LogP contribution in [0.25, 0.3) is 0 Å². The van der Waals surface area contributed by atoms with Gasteiger partial charge in [0.2, 0.25) is 0 Å². The maximum Gasteiger partial charge on any atom is 0.343 e. The van der Waals surface area contributed by atoms with Crippen LogP contribution in [0.2, 0.25) is 5.02 Å². The molecule has 0 aliphatic rings. The Morgan fingerprint density at radius 3 is 2.30 bits per heavy atom. The molecule has 4 nitrogen and oxygen atoms in total. The summed E-state index contributed by atoms with van der Waals surface area (Å²) in [4.78, 5) is 23.6. The van der Waals surface area contributed by atoms with Crippen molar-refractivity contribution in [1.82, 2.24) is 0 Å². The number of rotatable bonds is 6. The van der Waals surface area contributed by atoms with Gasteiger partial charge in [0.1, 0.15) is 11.5 Å². The quantitative estimate of drug-likeness (QED) is 0.570. The number of unbranched alkanes of at least 4 members (excludes halogenated alkanes) is 1. The first kappa shape index (κ1) is 17.0. The Bertz CT molecular complexity index is 680. The second kappa shape index (κ2) is 8.34. The Kier molecular flexibility index (Phi) is 6.18. The Hall–Kier alpha value is -2.33. The summed E-state index contributed by atoms with van der Waals surface area (Å²) in [5, 5.41) is 0.544. The minimum Gasteiger partial charge on any atom is -0.426 e. The summed E-state index contributed by atoms with van der Waals surface area (Å²) in [6, 6.07) is 12.8. The molecule has 0 spiro atoms. The van der Waals surface area contributed by atoms with E-state index in [9.17, 15) is 9.59 Å². The third-order valence-corrected chi connectivity index (χ3v) is 3.31. The number of ether oxygens (including phenoxy) is 2. The number of esters is 2. The van der Waals surface area contributed by atoms with Crippen molar-refractivity contribution >= 4 is 23.5 Å². The zero-order valence-electron chi connectivity index (χ0n) is 12.8. The molecule has 0 radical (unpaired) electrons. The zero-order valence-corrected chi connectivity index (χ0v) is 13.5. The van der Waals surface area contributed by atoms with E-state index in [1.165, 1.54) is 6.07 Å². The van der Waals surface area contributed by atoms with E-state index >= 15 is 0 Å². The number of benzene rings is 2. The summed E-state index contributed by atoms with van der Waals surface area (Å²) in [5.41, 5.74) is 0.389. The van der Waals surface area contributed by atoms with Gasteiger partial charge in [-0.25, -0.2) is 4.79 Å². The van der Waals surface area contributed by atoms with E-state index in [2.05, 4.69) is 0 Å². The van der Waals surface area contributed by atoms with Gasteiger partial charge in [-0.15, -0.1) is 0 Å². The zero-order chi connectivity index (χ0) is 16.7. The minimum absolute atomic E-state index is 0.298. The third kappa shape index (κ3) is 5.42. The molecular formula is C18H17ClO4. The highest BCUT2D eigenvalue weighted by molar-refractivity contribution is 6.30. The van der Waals surface area contributed by atoms with Gasteiger partial charge in [-0.05, 0) is 42.8 Å². The minimum atomic E-state index is -0.504. The molecule has 0 N–H and O–H groups in total. The second-order valence-corrected chi connectivity index (χ2v) is 5.39. The van der Waals surface area contributed by atoms with Crippen molar-refractivity contribution in [1.29, 1.82) is 0 Å². The van der Waals surface area contributed by atoms with Gasteiger partial charge in [-0.3, -0.25) is 4.79 Å². The largest absolute Gasteiger partial charge is 0.426 e. The van der Waals surface area contributed by atoms with Crippen molar-refractivity contribution in [3.05, 3.63) is 59.1 Å². The summed E-state index contributed by atoms with van der Waals surface area (Å²) >= 11 is 5.78. The molecular weight excluding hydrogens is 316 g/mol. The second-order valence-electron chi connectivity index (χ2n) is 4.95. The highest BCUT2D eigenvalue weighted by Gasteiger charge is 2.10. The van der Waals surface area contributed by atoms with Crippen molar-refractivity contribution in [2.45, 2.75) is 26.2 Å². The fourth-order valence-corrected chi connectivity index (χ4v) is 1.98. The first-order valence-electron chi connectivity index (χ1n) is 7.37.